The van der Waals surface area contributed by atoms with Gasteiger partial charge < -0.3 is 11.1 Å². The zero-order valence-electron chi connectivity index (χ0n) is 10.8. The molecular weight excluding hydrogens is 318 g/mol. The molecule has 0 aliphatic carbocycles. The van der Waals surface area contributed by atoms with Gasteiger partial charge in [-0.2, -0.15) is 4.98 Å². The maximum absolute atomic E-state index is 5.73. The quantitative estimate of drug-likeness (QED) is 0.770. The predicted molar refractivity (Wildman–Crippen MR) is 82.3 cm³/mol. The molecular formula is C14H14BrN5. The van der Waals surface area contributed by atoms with E-state index in [1.807, 2.05) is 36.5 Å². The number of anilines is 1. The Labute approximate surface area is 125 Å². The number of benzene rings is 1. The topological polar surface area (TPSA) is 68.2 Å². The molecule has 0 aliphatic heterocycles. The van der Waals surface area contributed by atoms with Crippen LogP contribution in [-0.2, 0) is 13.1 Å². The van der Waals surface area contributed by atoms with E-state index in [-0.39, 0.29) is 0 Å². The molecule has 0 atom stereocenters. The fourth-order valence-electron chi connectivity index (χ4n) is 2.04. The van der Waals surface area contributed by atoms with Gasteiger partial charge in [-0.1, -0.05) is 24.3 Å². The Hall–Kier alpha value is -1.92. The number of hydrogen-bond acceptors (Lipinski definition) is 4. The van der Waals surface area contributed by atoms with Gasteiger partial charge in [0.05, 0.1) is 0 Å². The second kappa shape index (κ2) is 5.60. The first kappa shape index (κ1) is 13.1. The fraction of sp³-hybridized carbons (Fsp3) is 0.143. The Balaban J connectivity index is 1.79. The van der Waals surface area contributed by atoms with Gasteiger partial charge in [0, 0.05) is 23.8 Å². The minimum absolute atomic E-state index is 0.531. The van der Waals surface area contributed by atoms with E-state index in [1.54, 1.807) is 4.52 Å². The molecule has 3 rings (SSSR count). The summed E-state index contributed by atoms with van der Waals surface area (Å²) < 4.78 is 2.70. The molecule has 3 aromatic rings. The van der Waals surface area contributed by atoms with Crippen LogP contribution in [0.15, 0.2) is 47.1 Å². The number of nitrogens with two attached hydrogens (primary N) is 1. The van der Waals surface area contributed by atoms with Crippen molar-refractivity contribution >= 4 is 27.5 Å². The number of nitrogens with zero attached hydrogens (tertiary/aromatic N) is 3. The van der Waals surface area contributed by atoms with Gasteiger partial charge in [0.25, 0.3) is 0 Å². The second-order valence-corrected chi connectivity index (χ2v) is 5.33. The van der Waals surface area contributed by atoms with Crippen molar-refractivity contribution in [3.8, 4) is 0 Å². The first-order valence-corrected chi connectivity index (χ1v) is 7.08. The zero-order chi connectivity index (χ0) is 13.9. The lowest BCUT2D eigenvalue weighted by Gasteiger charge is -2.07. The summed E-state index contributed by atoms with van der Waals surface area (Å²) in [6.07, 6.45) is 1.88. The highest BCUT2D eigenvalue weighted by molar-refractivity contribution is 9.10. The molecule has 0 aliphatic rings. The highest BCUT2D eigenvalue weighted by Gasteiger charge is 2.05. The number of nitrogens with one attached hydrogen (secondary N) is 1. The maximum Gasteiger partial charge on any atom is 0.243 e. The van der Waals surface area contributed by atoms with Crippen LogP contribution in [0.1, 0.15) is 11.1 Å². The molecule has 1 aromatic carbocycles. The molecule has 0 amide bonds. The number of fused-ring (bicyclic) bond motifs is 1. The van der Waals surface area contributed by atoms with E-state index < -0.39 is 0 Å². The van der Waals surface area contributed by atoms with Crippen molar-refractivity contribution in [2.45, 2.75) is 13.1 Å². The Bertz CT molecular complexity index is 737. The van der Waals surface area contributed by atoms with E-state index in [9.17, 15) is 0 Å². The summed E-state index contributed by atoms with van der Waals surface area (Å²) in [5.74, 6) is 0.606. The SMILES string of the molecule is NCc1ccccc1CNc1nc2ccc(Br)cn2n1. The van der Waals surface area contributed by atoms with Crippen LogP contribution in [0.3, 0.4) is 0 Å². The summed E-state index contributed by atoms with van der Waals surface area (Å²) in [5, 5.41) is 7.61. The average molecular weight is 332 g/mol. The van der Waals surface area contributed by atoms with E-state index in [0.717, 1.165) is 21.2 Å². The monoisotopic (exact) mass is 331 g/mol. The lowest BCUT2D eigenvalue weighted by molar-refractivity contribution is 0.939. The van der Waals surface area contributed by atoms with E-state index in [0.29, 0.717) is 19.0 Å². The Kier molecular flexibility index (Phi) is 3.66. The van der Waals surface area contributed by atoms with Gasteiger partial charge in [0.2, 0.25) is 5.95 Å². The molecule has 5 nitrogen and oxygen atoms in total. The van der Waals surface area contributed by atoms with Crippen LogP contribution < -0.4 is 11.1 Å². The van der Waals surface area contributed by atoms with Gasteiger partial charge in [0.1, 0.15) is 0 Å². The number of halogens is 1. The van der Waals surface area contributed by atoms with Crippen molar-refractivity contribution in [3.05, 3.63) is 58.2 Å². The third-order valence-electron chi connectivity index (χ3n) is 3.07. The van der Waals surface area contributed by atoms with E-state index in [2.05, 4.69) is 37.4 Å². The van der Waals surface area contributed by atoms with Crippen LogP contribution in [-0.4, -0.2) is 14.6 Å². The maximum atomic E-state index is 5.73. The molecule has 102 valence electrons. The number of pyridine rings is 1. The molecule has 0 spiro atoms. The van der Waals surface area contributed by atoms with Crippen molar-refractivity contribution in [1.82, 2.24) is 14.6 Å². The summed E-state index contributed by atoms with van der Waals surface area (Å²) in [6.45, 7) is 1.19. The van der Waals surface area contributed by atoms with E-state index in [4.69, 9.17) is 5.73 Å². The average Bonchev–Trinajstić information content (AvgIpc) is 2.87. The van der Waals surface area contributed by atoms with Crippen molar-refractivity contribution in [3.63, 3.8) is 0 Å². The van der Waals surface area contributed by atoms with Crippen LogP contribution in [0.2, 0.25) is 0 Å². The van der Waals surface area contributed by atoms with Crippen LogP contribution in [0.5, 0.6) is 0 Å². The minimum Gasteiger partial charge on any atom is -0.349 e. The Morgan fingerprint density at radius 3 is 2.75 bits per heavy atom. The summed E-state index contributed by atoms with van der Waals surface area (Å²) in [7, 11) is 0. The van der Waals surface area contributed by atoms with E-state index in [1.165, 1.54) is 0 Å². The lowest BCUT2D eigenvalue weighted by atomic mass is 10.1. The number of hydrogen-bond donors (Lipinski definition) is 2. The highest BCUT2D eigenvalue weighted by atomic mass is 79.9. The van der Waals surface area contributed by atoms with Gasteiger partial charge >= 0.3 is 0 Å². The smallest absolute Gasteiger partial charge is 0.243 e. The molecule has 2 aromatic heterocycles. The molecule has 0 fully saturated rings. The normalized spacial score (nSPS) is 10.9. The summed E-state index contributed by atoms with van der Waals surface area (Å²) >= 11 is 3.41. The van der Waals surface area contributed by atoms with E-state index >= 15 is 0 Å². The minimum atomic E-state index is 0.531. The zero-order valence-corrected chi connectivity index (χ0v) is 12.3. The molecule has 0 unspecified atom stereocenters. The van der Waals surface area contributed by atoms with Gasteiger partial charge in [-0.3, -0.25) is 0 Å². The molecule has 6 heteroatoms. The Morgan fingerprint density at radius 1 is 1.15 bits per heavy atom. The first-order chi connectivity index (χ1) is 9.76. The van der Waals surface area contributed by atoms with Crippen LogP contribution in [0.25, 0.3) is 5.65 Å². The number of rotatable bonds is 4. The fourth-order valence-corrected chi connectivity index (χ4v) is 2.36. The summed E-state index contributed by atoms with van der Waals surface area (Å²) in [5.41, 5.74) is 8.83. The summed E-state index contributed by atoms with van der Waals surface area (Å²) in [4.78, 5) is 4.41. The van der Waals surface area contributed by atoms with Crippen molar-refractivity contribution < 1.29 is 0 Å². The van der Waals surface area contributed by atoms with Gasteiger partial charge in [0.15, 0.2) is 5.65 Å². The standard InChI is InChI=1S/C14H14BrN5/c15-12-5-6-13-18-14(19-20(13)9-12)17-8-11-4-2-1-3-10(11)7-16/h1-6,9H,7-8,16H2,(H,17,19). The second-order valence-electron chi connectivity index (χ2n) is 4.41. The summed E-state index contributed by atoms with van der Waals surface area (Å²) in [6, 6.07) is 11.9. The third-order valence-corrected chi connectivity index (χ3v) is 3.54. The number of aromatic nitrogens is 3. The van der Waals surface area contributed by atoms with Gasteiger partial charge in [-0.05, 0) is 39.2 Å². The first-order valence-electron chi connectivity index (χ1n) is 6.29. The highest BCUT2D eigenvalue weighted by Crippen LogP contribution is 2.14. The molecule has 20 heavy (non-hydrogen) atoms. The molecule has 0 bridgehead atoms. The predicted octanol–water partition coefficient (Wildman–Crippen LogP) is 2.56. The Morgan fingerprint density at radius 2 is 1.95 bits per heavy atom. The molecule has 0 saturated carbocycles. The van der Waals surface area contributed by atoms with Crippen molar-refractivity contribution in [2.24, 2.45) is 5.73 Å². The van der Waals surface area contributed by atoms with Crippen molar-refractivity contribution in [2.75, 3.05) is 5.32 Å². The molecule has 3 N–H and O–H groups in total. The van der Waals surface area contributed by atoms with Gasteiger partial charge in [-0.25, -0.2) is 4.52 Å². The third kappa shape index (κ3) is 2.66. The van der Waals surface area contributed by atoms with Crippen LogP contribution in [0.4, 0.5) is 5.95 Å². The molecule has 2 heterocycles. The van der Waals surface area contributed by atoms with Crippen LogP contribution >= 0.6 is 15.9 Å². The lowest BCUT2D eigenvalue weighted by Crippen LogP contribution is -2.07. The largest absolute Gasteiger partial charge is 0.349 e. The van der Waals surface area contributed by atoms with Crippen molar-refractivity contribution in [1.29, 1.82) is 0 Å². The van der Waals surface area contributed by atoms with Gasteiger partial charge in [-0.15, -0.1) is 5.10 Å². The molecule has 0 radical (unpaired) electrons. The van der Waals surface area contributed by atoms with Crippen LogP contribution in [0, 0.1) is 0 Å². The molecule has 0 saturated heterocycles.